The molecule has 1 amide bonds. The van der Waals surface area contributed by atoms with E-state index in [1.54, 1.807) is 18.2 Å². The van der Waals surface area contributed by atoms with Gasteiger partial charge in [-0.25, -0.2) is 4.39 Å². The number of halogens is 1. The van der Waals surface area contributed by atoms with Crippen LogP contribution in [0.4, 0.5) is 15.8 Å². The van der Waals surface area contributed by atoms with E-state index in [0.29, 0.717) is 5.69 Å². The van der Waals surface area contributed by atoms with Gasteiger partial charge in [-0.3, -0.25) is 4.79 Å². The number of amides is 1. The number of benzene rings is 2. The molecule has 0 radical (unpaired) electrons. The molecule has 0 fully saturated rings. The quantitative estimate of drug-likeness (QED) is 0.894. The van der Waals surface area contributed by atoms with Crippen molar-refractivity contribution < 1.29 is 9.18 Å². The molecule has 4 heteroatoms. The minimum atomic E-state index is -0.368. The van der Waals surface area contributed by atoms with Crippen LogP contribution < -0.4 is 10.6 Å². The number of hydrogen-bond acceptors (Lipinski definition) is 2. The number of hydrogen-bond donors (Lipinski definition) is 2. The molecule has 0 aromatic heterocycles. The summed E-state index contributed by atoms with van der Waals surface area (Å²) in [5.74, 6) is -0.575. The third kappa shape index (κ3) is 3.35. The monoisotopic (exact) mass is 272 g/mol. The van der Waals surface area contributed by atoms with Gasteiger partial charge in [0.25, 0.3) is 0 Å². The number of carbonyl (C=O) groups is 1. The van der Waals surface area contributed by atoms with Crippen LogP contribution in [0, 0.1) is 19.7 Å². The lowest BCUT2D eigenvalue weighted by atomic mass is 10.1. The van der Waals surface area contributed by atoms with E-state index in [9.17, 15) is 9.18 Å². The summed E-state index contributed by atoms with van der Waals surface area (Å²) in [7, 11) is 0. The fraction of sp³-hybridized carbons (Fsp3) is 0.188. The highest BCUT2D eigenvalue weighted by atomic mass is 19.1. The molecule has 2 aromatic carbocycles. The Morgan fingerprint density at radius 1 is 1.05 bits per heavy atom. The predicted molar refractivity (Wildman–Crippen MR) is 79.4 cm³/mol. The van der Waals surface area contributed by atoms with Crippen molar-refractivity contribution in [2.45, 2.75) is 13.8 Å². The average molecular weight is 272 g/mol. The van der Waals surface area contributed by atoms with Crippen molar-refractivity contribution in [2.24, 2.45) is 0 Å². The molecule has 0 bridgehead atoms. The van der Waals surface area contributed by atoms with Crippen molar-refractivity contribution in [1.29, 1.82) is 0 Å². The van der Waals surface area contributed by atoms with Crippen LogP contribution in [0.5, 0.6) is 0 Å². The van der Waals surface area contributed by atoms with E-state index in [4.69, 9.17) is 0 Å². The third-order valence-corrected chi connectivity index (χ3v) is 3.19. The molecule has 0 saturated heterocycles. The Bertz CT molecular complexity index is 626. The molecule has 0 aliphatic rings. The van der Waals surface area contributed by atoms with Crippen LogP contribution in [0.2, 0.25) is 0 Å². The van der Waals surface area contributed by atoms with Gasteiger partial charge < -0.3 is 10.6 Å². The predicted octanol–water partition coefficient (Wildman–Crippen LogP) is 3.49. The highest BCUT2D eigenvalue weighted by Crippen LogP contribution is 2.18. The molecule has 0 aliphatic carbocycles. The minimum absolute atomic E-state index is 0.0221. The lowest BCUT2D eigenvalue weighted by Gasteiger charge is -2.11. The number of anilines is 2. The largest absolute Gasteiger partial charge is 0.374 e. The highest BCUT2D eigenvalue weighted by Gasteiger charge is 2.07. The zero-order valence-electron chi connectivity index (χ0n) is 11.5. The fourth-order valence-electron chi connectivity index (χ4n) is 1.86. The Labute approximate surface area is 117 Å². The Morgan fingerprint density at radius 2 is 1.75 bits per heavy atom. The van der Waals surface area contributed by atoms with Gasteiger partial charge in [0.05, 0.1) is 12.2 Å². The van der Waals surface area contributed by atoms with Gasteiger partial charge in [0.2, 0.25) is 5.91 Å². The van der Waals surface area contributed by atoms with Crippen molar-refractivity contribution in [1.82, 2.24) is 0 Å². The smallest absolute Gasteiger partial charge is 0.243 e. The van der Waals surface area contributed by atoms with Crippen LogP contribution in [0.3, 0.4) is 0 Å². The van der Waals surface area contributed by atoms with Gasteiger partial charge in [0.15, 0.2) is 0 Å². The first-order valence-electron chi connectivity index (χ1n) is 6.42. The van der Waals surface area contributed by atoms with Crippen molar-refractivity contribution in [3.8, 4) is 0 Å². The molecule has 3 nitrogen and oxygen atoms in total. The first kappa shape index (κ1) is 14.1. The maximum Gasteiger partial charge on any atom is 0.243 e. The lowest BCUT2D eigenvalue weighted by Crippen LogP contribution is -2.22. The Morgan fingerprint density at radius 3 is 2.50 bits per heavy atom. The summed E-state index contributed by atoms with van der Waals surface area (Å²) in [4.78, 5) is 11.9. The van der Waals surface area contributed by atoms with Gasteiger partial charge in [-0.1, -0.05) is 24.3 Å². The molecule has 0 heterocycles. The van der Waals surface area contributed by atoms with E-state index in [2.05, 4.69) is 10.6 Å². The van der Waals surface area contributed by atoms with E-state index in [-0.39, 0.29) is 18.3 Å². The first-order chi connectivity index (χ1) is 9.58. The number of carbonyl (C=O) groups excluding carboxylic acids is 1. The van der Waals surface area contributed by atoms with Gasteiger partial charge in [-0.15, -0.1) is 0 Å². The molecule has 2 aromatic rings. The minimum Gasteiger partial charge on any atom is -0.374 e. The Hall–Kier alpha value is -2.36. The van der Waals surface area contributed by atoms with Crippen LogP contribution in [-0.4, -0.2) is 12.5 Å². The van der Waals surface area contributed by atoms with Crippen molar-refractivity contribution in [3.05, 3.63) is 59.4 Å². The molecular weight excluding hydrogens is 255 g/mol. The summed E-state index contributed by atoms with van der Waals surface area (Å²) in [6.07, 6.45) is 0. The SMILES string of the molecule is Cc1cccc(NC(=O)CNc2ccccc2F)c1C. The number of para-hydroxylation sites is 1. The van der Waals surface area contributed by atoms with Crippen molar-refractivity contribution in [3.63, 3.8) is 0 Å². The first-order valence-corrected chi connectivity index (χ1v) is 6.42. The molecule has 0 unspecified atom stereocenters. The molecule has 104 valence electrons. The molecule has 0 aliphatic heterocycles. The molecule has 2 rings (SSSR count). The number of aryl methyl sites for hydroxylation is 1. The lowest BCUT2D eigenvalue weighted by molar-refractivity contribution is -0.114. The van der Waals surface area contributed by atoms with E-state index in [1.165, 1.54) is 6.07 Å². The van der Waals surface area contributed by atoms with Crippen LogP contribution in [0.25, 0.3) is 0 Å². The second-order valence-corrected chi connectivity index (χ2v) is 4.63. The summed E-state index contributed by atoms with van der Waals surface area (Å²) < 4.78 is 13.4. The van der Waals surface area contributed by atoms with Crippen molar-refractivity contribution in [2.75, 3.05) is 17.2 Å². The molecule has 20 heavy (non-hydrogen) atoms. The van der Waals surface area contributed by atoms with E-state index in [0.717, 1.165) is 16.8 Å². The summed E-state index contributed by atoms with van der Waals surface area (Å²) >= 11 is 0. The van der Waals surface area contributed by atoms with Gasteiger partial charge >= 0.3 is 0 Å². The zero-order chi connectivity index (χ0) is 14.5. The summed E-state index contributed by atoms with van der Waals surface area (Å²) in [5, 5.41) is 5.60. The second-order valence-electron chi connectivity index (χ2n) is 4.63. The van der Waals surface area contributed by atoms with E-state index >= 15 is 0 Å². The average Bonchev–Trinajstić information content (AvgIpc) is 2.43. The van der Waals surface area contributed by atoms with Gasteiger partial charge in [-0.2, -0.15) is 0 Å². The Balaban J connectivity index is 1.96. The molecule has 0 spiro atoms. The molecule has 0 saturated carbocycles. The maximum absolute atomic E-state index is 13.4. The summed E-state index contributed by atoms with van der Waals surface area (Å²) in [6.45, 7) is 3.96. The van der Waals surface area contributed by atoms with Crippen LogP contribution in [0.15, 0.2) is 42.5 Å². The third-order valence-electron chi connectivity index (χ3n) is 3.19. The van der Waals surface area contributed by atoms with Crippen LogP contribution in [-0.2, 0) is 4.79 Å². The molecule has 2 N–H and O–H groups in total. The van der Waals surface area contributed by atoms with Crippen LogP contribution >= 0.6 is 0 Å². The number of nitrogens with one attached hydrogen (secondary N) is 2. The van der Waals surface area contributed by atoms with Crippen molar-refractivity contribution >= 4 is 17.3 Å². The zero-order valence-corrected chi connectivity index (χ0v) is 11.5. The van der Waals surface area contributed by atoms with Gasteiger partial charge in [0, 0.05) is 5.69 Å². The number of rotatable bonds is 4. The fourth-order valence-corrected chi connectivity index (χ4v) is 1.86. The summed E-state index contributed by atoms with van der Waals surface area (Å²) in [6, 6.07) is 12.0. The van der Waals surface area contributed by atoms with Gasteiger partial charge in [-0.05, 0) is 43.2 Å². The molecule has 0 atom stereocenters. The topological polar surface area (TPSA) is 41.1 Å². The van der Waals surface area contributed by atoms with Crippen LogP contribution in [0.1, 0.15) is 11.1 Å². The molecular formula is C16H17FN2O. The Kier molecular flexibility index (Phi) is 4.35. The second kappa shape index (κ2) is 6.19. The normalized spacial score (nSPS) is 10.2. The van der Waals surface area contributed by atoms with E-state index < -0.39 is 0 Å². The maximum atomic E-state index is 13.4. The standard InChI is InChI=1S/C16H17FN2O/c1-11-6-5-9-14(12(11)2)19-16(20)10-18-15-8-4-3-7-13(15)17/h3-9,18H,10H2,1-2H3,(H,19,20). The highest BCUT2D eigenvalue weighted by molar-refractivity contribution is 5.94. The summed E-state index contributed by atoms with van der Waals surface area (Å²) in [5.41, 5.74) is 3.26. The van der Waals surface area contributed by atoms with Gasteiger partial charge in [0.1, 0.15) is 5.82 Å². The van der Waals surface area contributed by atoms with E-state index in [1.807, 2.05) is 32.0 Å².